The van der Waals surface area contributed by atoms with Gasteiger partial charge in [-0.25, -0.2) is 4.98 Å². The third kappa shape index (κ3) is 3.72. The summed E-state index contributed by atoms with van der Waals surface area (Å²) in [6.07, 6.45) is 5.76. The number of imidazole rings is 1. The summed E-state index contributed by atoms with van der Waals surface area (Å²) in [7, 11) is 0. The van der Waals surface area contributed by atoms with Gasteiger partial charge < -0.3 is 4.90 Å². The molecule has 3 aromatic rings. The first-order valence-corrected chi connectivity index (χ1v) is 10.0. The summed E-state index contributed by atoms with van der Waals surface area (Å²) in [5, 5.41) is 0.635. The van der Waals surface area contributed by atoms with Crippen LogP contribution in [0, 0.1) is 5.92 Å². The van der Waals surface area contributed by atoms with E-state index in [4.69, 9.17) is 11.6 Å². The second-order valence-corrected chi connectivity index (χ2v) is 7.70. The fourth-order valence-corrected chi connectivity index (χ4v) is 4.13. The molecule has 140 valence electrons. The smallest absolute Gasteiger partial charge is 0.272 e. The molecule has 0 N–H and O–H groups in total. The first-order chi connectivity index (χ1) is 13.2. The van der Waals surface area contributed by atoms with E-state index in [2.05, 4.69) is 35.3 Å². The predicted octanol–water partition coefficient (Wildman–Crippen LogP) is 4.65. The van der Waals surface area contributed by atoms with Crippen LogP contribution in [0.1, 0.15) is 41.5 Å². The summed E-state index contributed by atoms with van der Waals surface area (Å²) in [5.74, 6) is 0.725. The van der Waals surface area contributed by atoms with Gasteiger partial charge in [0.05, 0.1) is 5.69 Å². The maximum atomic E-state index is 13.2. The second kappa shape index (κ2) is 7.73. The van der Waals surface area contributed by atoms with Gasteiger partial charge in [0.2, 0.25) is 0 Å². The fraction of sp³-hybridized carbons (Fsp3) is 0.364. The van der Waals surface area contributed by atoms with Gasteiger partial charge in [0.25, 0.3) is 5.91 Å². The van der Waals surface area contributed by atoms with Crippen LogP contribution in [0.3, 0.4) is 0 Å². The molecular weight excluding hydrogens is 358 g/mol. The number of benzene rings is 1. The summed E-state index contributed by atoms with van der Waals surface area (Å²) in [6.45, 7) is 3.65. The van der Waals surface area contributed by atoms with Crippen LogP contribution in [-0.4, -0.2) is 33.3 Å². The van der Waals surface area contributed by atoms with Gasteiger partial charge >= 0.3 is 0 Å². The van der Waals surface area contributed by atoms with Crippen LogP contribution in [0.4, 0.5) is 0 Å². The minimum atomic E-state index is 0.0832. The topological polar surface area (TPSA) is 37.6 Å². The molecule has 5 heteroatoms. The maximum absolute atomic E-state index is 13.2. The van der Waals surface area contributed by atoms with Crippen molar-refractivity contribution in [3.05, 3.63) is 70.6 Å². The first kappa shape index (κ1) is 18.1. The molecular formula is C22H24ClN3O. The van der Waals surface area contributed by atoms with Gasteiger partial charge in [-0.05, 0) is 43.2 Å². The summed E-state index contributed by atoms with van der Waals surface area (Å²) in [5.41, 5.74) is 3.65. The van der Waals surface area contributed by atoms with Gasteiger partial charge in [0.1, 0.15) is 11.3 Å². The quantitative estimate of drug-likeness (QED) is 0.660. The number of fused-ring (bicyclic) bond motifs is 1. The lowest BCUT2D eigenvalue weighted by Crippen LogP contribution is -2.39. The molecule has 0 radical (unpaired) electrons. The molecule has 0 bridgehead atoms. The summed E-state index contributed by atoms with van der Waals surface area (Å²) < 4.78 is 1.88. The number of hydrogen-bond acceptors (Lipinski definition) is 2. The van der Waals surface area contributed by atoms with Crippen molar-refractivity contribution in [2.75, 3.05) is 13.1 Å². The van der Waals surface area contributed by atoms with E-state index in [1.807, 2.05) is 28.5 Å². The average molecular weight is 382 g/mol. The van der Waals surface area contributed by atoms with Crippen LogP contribution < -0.4 is 0 Å². The minimum absolute atomic E-state index is 0.0832. The number of amides is 1. The largest absolute Gasteiger partial charge is 0.337 e. The molecule has 1 amide bonds. The average Bonchev–Trinajstić information content (AvgIpc) is 3.06. The fourth-order valence-electron chi connectivity index (χ4n) is 3.98. The Kier molecular flexibility index (Phi) is 5.17. The lowest BCUT2D eigenvalue weighted by Gasteiger charge is -2.32. The normalized spacial score (nSPS) is 15.4. The van der Waals surface area contributed by atoms with Crippen molar-refractivity contribution >= 4 is 23.2 Å². The monoisotopic (exact) mass is 381 g/mol. The zero-order valence-corrected chi connectivity index (χ0v) is 16.3. The van der Waals surface area contributed by atoms with Crippen LogP contribution in [0.15, 0.2) is 48.7 Å². The predicted molar refractivity (Wildman–Crippen MR) is 108 cm³/mol. The van der Waals surface area contributed by atoms with Crippen molar-refractivity contribution in [3.63, 3.8) is 0 Å². The van der Waals surface area contributed by atoms with Crippen molar-refractivity contribution < 1.29 is 4.79 Å². The first-order valence-electron chi connectivity index (χ1n) is 9.65. The lowest BCUT2D eigenvalue weighted by atomic mass is 9.90. The number of carbonyl (C=O) groups is 1. The molecule has 3 heterocycles. The molecule has 0 saturated carbocycles. The van der Waals surface area contributed by atoms with Crippen molar-refractivity contribution in [1.29, 1.82) is 0 Å². The highest BCUT2D eigenvalue weighted by atomic mass is 35.5. The van der Waals surface area contributed by atoms with Crippen molar-refractivity contribution in [2.24, 2.45) is 5.92 Å². The van der Waals surface area contributed by atoms with Crippen LogP contribution in [0.25, 0.3) is 5.65 Å². The van der Waals surface area contributed by atoms with Crippen LogP contribution in [0.5, 0.6) is 0 Å². The molecule has 0 aliphatic carbocycles. The van der Waals surface area contributed by atoms with Gasteiger partial charge in [-0.2, -0.15) is 0 Å². The van der Waals surface area contributed by atoms with E-state index in [0.717, 1.165) is 50.1 Å². The number of nitrogens with zero attached hydrogens (tertiary/aromatic N) is 3. The zero-order valence-electron chi connectivity index (χ0n) is 15.6. The van der Waals surface area contributed by atoms with Gasteiger partial charge in [-0.1, -0.05) is 48.9 Å². The van der Waals surface area contributed by atoms with Gasteiger partial charge in [-0.15, -0.1) is 0 Å². The van der Waals surface area contributed by atoms with Crippen LogP contribution in [-0.2, 0) is 12.8 Å². The Bertz CT molecular complexity index is 943. The SMILES string of the molecule is CCc1nc2cc(Cl)ccn2c1C(=O)N1CCC(Cc2ccccc2)CC1. The molecule has 0 atom stereocenters. The van der Waals surface area contributed by atoms with E-state index in [-0.39, 0.29) is 5.91 Å². The van der Waals surface area contributed by atoms with E-state index in [1.165, 1.54) is 5.56 Å². The number of carbonyl (C=O) groups excluding carboxylic acids is 1. The standard InChI is InChI=1S/C22H24ClN3O/c1-2-19-21(26-13-10-18(23)15-20(26)24-19)22(27)25-11-8-17(9-12-25)14-16-6-4-3-5-7-16/h3-7,10,13,15,17H,2,8-9,11-12,14H2,1H3. The van der Waals surface area contributed by atoms with E-state index < -0.39 is 0 Å². The Labute approximate surface area is 164 Å². The van der Waals surface area contributed by atoms with E-state index in [9.17, 15) is 4.79 Å². The molecule has 4 nitrogen and oxygen atoms in total. The number of pyridine rings is 1. The maximum Gasteiger partial charge on any atom is 0.272 e. The van der Waals surface area contributed by atoms with Gasteiger partial charge in [-0.3, -0.25) is 9.20 Å². The van der Waals surface area contributed by atoms with E-state index >= 15 is 0 Å². The number of rotatable bonds is 4. The van der Waals surface area contributed by atoms with Crippen molar-refractivity contribution in [2.45, 2.75) is 32.6 Å². The van der Waals surface area contributed by atoms with Gasteiger partial charge in [0.15, 0.2) is 0 Å². The third-order valence-electron chi connectivity index (χ3n) is 5.47. The molecule has 2 aromatic heterocycles. The number of aryl methyl sites for hydroxylation is 1. The van der Waals surface area contributed by atoms with Crippen molar-refractivity contribution in [1.82, 2.24) is 14.3 Å². The molecule has 0 spiro atoms. The molecule has 1 aliphatic rings. The van der Waals surface area contributed by atoms with Crippen molar-refractivity contribution in [3.8, 4) is 0 Å². The zero-order chi connectivity index (χ0) is 18.8. The summed E-state index contributed by atoms with van der Waals surface area (Å²) >= 11 is 6.09. The van der Waals surface area contributed by atoms with Crippen LogP contribution >= 0.6 is 11.6 Å². The molecule has 4 rings (SSSR count). The second-order valence-electron chi connectivity index (χ2n) is 7.26. The Morgan fingerprint density at radius 2 is 1.93 bits per heavy atom. The number of piperidine rings is 1. The molecule has 1 saturated heterocycles. The third-order valence-corrected chi connectivity index (χ3v) is 5.70. The number of likely N-dealkylation sites (tertiary alicyclic amines) is 1. The number of hydrogen-bond donors (Lipinski definition) is 0. The minimum Gasteiger partial charge on any atom is -0.337 e. The molecule has 0 unspecified atom stereocenters. The summed E-state index contributed by atoms with van der Waals surface area (Å²) in [6, 6.07) is 14.2. The van der Waals surface area contributed by atoms with E-state index in [0.29, 0.717) is 16.6 Å². The highest BCUT2D eigenvalue weighted by Crippen LogP contribution is 2.25. The highest BCUT2D eigenvalue weighted by molar-refractivity contribution is 6.30. The molecule has 1 aliphatic heterocycles. The molecule has 1 fully saturated rings. The van der Waals surface area contributed by atoms with E-state index in [1.54, 1.807) is 6.07 Å². The Morgan fingerprint density at radius 3 is 2.63 bits per heavy atom. The van der Waals surface area contributed by atoms with Gasteiger partial charge in [0, 0.05) is 30.4 Å². The highest BCUT2D eigenvalue weighted by Gasteiger charge is 2.27. The Balaban J connectivity index is 1.49. The molecule has 1 aromatic carbocycles. The Morgan fingerprint density at radius 1 is 1.19 bits per heavy atom. The lowest BCUT2D eigenvalue weighted by molar-refractivity contribution is 0.0682. The number of aromatic nitrogens is 2. The molecule has 27 heavy (non-hydrogen) atoms. The summed E-state index contributed by atoms with van der Waals surface area (Å²) in [4.78, 5) is 19.8. The Hall–Kier alpha value is -2.33. The van der Waals surface area contributed by atoms with Crippen LogP contribution in [0.2, 0.25) is 5.02 Å². The number of halogens is 1.